The zero-order valence-electron chi connectivity index (χ0n) is 11.9. The maximum absolute atomic E-state index is 13.4. The van der Waals surface area contributed by atoms with Crippen molar-refractivity contribution in [2.75, 3.05) is 0 Å². The van der Waals surface area contributed by atoms with Crippen LogP contribution in [-0.4, -0.2) is 14.5 Å². The van der Waals surface area contributed by atoms with Crippen molar-refractivity contribution in [3.8, 4) is 6.07 Å². The summed E-state index contributed by atoms with van der Waals surface area (Å²) < 4.78 is 27.6. The molecule has 0 spiro atoms. The third-order valence-corrected chi connectivity index (χ3v) is 4.26. The molecule has 0 saturated carbocycles. The summed E-state index contributed by atoms with van der Waals surface area (Å²) in [4.78, 5) is 14.7. The van der Waals surface area contributed by atoms with Gasteiger partial charge < -0.3 is 0 Å². The number of nitro benzene ring substituents is 1. The molecule has 0 amide bonds. The maximum Gasteiger partial charge on any atom is 0.321 e. The predicted molar refractivity (Wildman–Crippen MR) is 82.9 cm³/mol. The van der Waals surface area contributed by atoms with E-state index in [9.17, 15) is 18.9 Å². The molecule has 3 aromatic rings. The minimum absolute atomic E-state index is 0.0793. The highest BCUT2D eigenvalue weighted by Gasteiger charge is 2.22. The quantitative estimate of drug-likeness (QED) is 0.517. The van der Waals surface area contributed by atoms with Crippen LogP contribution in [0.4, 0.5) is 14.5 Å². The average Bonchev–Trinajstić information content (AvgIpc) is 2.92. The van der Waals surface area contributed by atoms with Crippen molar-refractivity contribution in [2.24, 2.45) is 0 Å². The molecule has 3 rings (SSSR count). The number of imidazole rings is 1. The van der Waals surface area contributed by atoms with Crippen molar-refractivity contribution < 1.29 is 13.7 Å². The monoisotopic (exact) mass is 346 g/mol. The normalized spacial score (nSPS) is 10.9. The van der Waals surface area contributed by atoms with Crippen molar-refractivity contribution in [1.29, 1.82) is 5.26 Å². The van der Waals surface area contributed by atoms with E-state index < -0.39 is 11.5 Å². The van der Waals surface area contributed by atoms with Crippen LogP contribution in [-0.2, 0) is 0 Å². The smallest absolute Gasteiger partial charge is 0.261 e. The zero-order chi connectivity index (χ0) is 17.3. The molecular weight excluding hydrogens is 338 g/mol. The largest absolute Gasteiger partial charge is 0.321 e. The second kappa shape index (κ2) is 6.25. The third-order valence-electron chi connectivity index (χ3n) is 3.25. The van der Waals surface area contributed by atoms with Gasteiger partial charge in [-0.15, -0.1) is 0 Å². The first kappa shape index (κ1) is 15.9. The average molecular weight is 346 g/mol. The highest BCUT2D eigenvalue weighted by atomic mass is 32.2. The number of hydrogen-bond donors (Lipinski definition) is 0. The summed E-state index contributed by atoms with van der Waals surface area (Å²) in [5.74, 6) is 0. The fraction of sp³-hybridized carbons (Fsp3) is 0.0667. The van der Waals surface area contributed by atoms with Crippen LogP contribution < -0.4 is 0 Å². The Morgan fingerprint density at radius 2 is 2.04 bits per heavy atom. The van der Waals surface area contributed by atoms with Gasteiger partial charge in [0.15, 0.2) is 5.16 Å². The van der Waals surface area contributed by atoms with Gasteiger partial charge >= 0.3 is 6.55 Å². The first-order chi connectivity index (χ1) is 11.5. The number of benzene rings is 2. The van der Waals surface area contributed by atoms with Crippen LogP contribution in [0.25, 0.3) is 11.0 Å². The van der Waals surface area contributed by atoms with Gasteiger partial charge in [-0.05, 0) is 36.0 Å². The molecule has 0 bridgehead atoms. The summed E-state index contributed by atoms with van der Waals surface area (Å²) in [6, 6.07) is 12.0. The molecule has 0 aliphatic rings. The van der Waals surface area contributed by atoms with E-state index in [0.29, 0.717) is 10.1 Å². The van der Waals surface area contributed by atoms with Crippen LogP contribution in [0.2, 0.25) is 0 Å². The van der Waals surface area contributed by atoms with Crippen LogP contribution in [0.15, 0.2) is 52.5 Å². The van der Waals surface area contributed by atoms with E-state index in [1.165, 1.54) is 24.3 Å². The SMILES string of the molecule is N#Cc1ccc([N+](=O)[O-])c(Sc2nc3ccccc3n2C(F)F)c1. The molecule has 1 aromatic heterocycles. The van der Waals surface area contributed by atoms with E-state index in [1.54, 1.807) is 18.2 Å². The number of nitrogens with zero attached hydrogens (tertiary/aromatic N) is 4. The highest BCUT2D eigenvalue weighted by Crippen LogP contribution is 2.38. The summed E-state index contributed by atoms with van der Waals surface area (Å²) in [5, 5.41) is 20.0. The van der Waals surface area contributed by atoms with Crippen LogP contribution in [0, 0.1) is 21.4 Å². The Morgan fingerprint density at radius 3 is 2.71 bits per heavy atom. The number of para-hydroxylation sites is 2. The summed E-state index contributed by atoms with van der Waals surface area (Å²) in [6.45, 7) is -2.85. The fourth-order valence-corrected chi connectivity index (χ4v) is 3.25. The number of nitriles is 1. The molecule has 0 aliphatic carbocycles. The van der Waals surface area contributed by atoms with E-state index in [0.717, 1.165) is 11.8 Å². The van der Waals surface area contributed by atoms with E-state index in [-0.39, 0.29) is 26.8 Å². The summed E-state index contributed by atoms with van der Waals surface area (Å²) in [6.07, 6.45) is 0. The van der Waals surface area contributed by atoms with E-state index in [4.69, 9.17) is 5.26 Å². The van der Waals surface area contributed by atoms with Crippen molar-refractivity contribution in [2.45, 2.75) is 16.6 Å². The van der Waals surface area contributed by atoms with Gasteiger partial charge in [-0.3, -0.25) is 14.7 Å². The molecule has 6 nitrogen and oxygen atoms in total. The lowest BCUT2D eigenvalue weighted by atomic mass is 10.2. The van der Waals surface area contributed by atoms with Crippen molar-refractivity contribution >= 4 is 28.5 Å². The van der Waals surface area contributed by atoms with Crippen LogP contribution in [0.5, 0.6) is 0 Å². The van der Waals surface area contributed by atoms with Gasteiger partial charge in [0.2, 0.25) is 0 Å². The van der Waals surface area contributed by atoms with E-state index in [2.05, 4.69) is 4.98 Å². The number of hydrogen-bond acceptors (Lipinski definition) is 5. The minimum atomic E-state index is -2.85. The maximum atomic E-state index is 13.4. The molecule has 0 saturated heterocycles. The molecule has 2 aromatic carbocycles. The first-order valence-electron chi connectivity index (χ1n) is 6.63. The standard InChI is InChI=1S/C15H8F2N4O2S/c16-14(17)20-11-4-2-1-3-10(11)19-15(20)24-13-7-9(8-18)5-6-12(13)21(22)23/h1-7,14H. The second-order valence-corrected chi connectivity index (χ2v) is 5.69. The molecule has 0 atom stereocenters. The molecule has 0 fully saturated rings. The topological polar surface area (TPSA) is 84.8 Å². The molecule has 9 heteroatoms. The minimum Gasteiger partial charge on any atom is -0.261 e. The Kier molecular flexibility index (Phi) is 4.14. The molecule has 1 heterocycles. The number of nitro groups is 1. The van der Waals surface area contributed by atoms with E-state index in [1.807, 2.05) is 6.07 Å². The second-order valence-electron chi connectivity index (χ2n) is 4.68. The Hall–Kier alpha value is -2.99. The number of aromatic nitrogens is 2. The lowest BCUT2D eigenvalue weighted by Crippen LogP contribution is -2.00. The lowest BCUT2D eigenvalue weighted by molar-refractivity contribution is -0.387. The molecular formula is C15H8F2N4O2S. The highest BCUT2D eigenvalue weighted by molar-refractivity contribution is 7.99. The first-order valence-corrected chi connectivity index (χ1v) is 7.44. The molecule has 0 aliphatic heterocycles. The lowest BCUT2D eigenvalue weighted by Gasteiger charge is -2.07. The van der Waals surface area contributed by atoms with Crippen LogP contribution in [0.3, 0.4) is 0 Å². The van der Waals surface area contributed by atoms with Gasteiger partial charge in [-0.1, -0.05) is 12.1 Å². The predicted octanol–water partition coefficient (Wildman–Crippen LogP) is 4.36. The van der Waals surface area contributed by atoms with Gasteiger partial charge in [0.25, 0.3) is 5.69 Å². The molecule has 120 valence electrons. The van der Waals surface area contributed by atoms with Crippen LogP contribution >= 0.6 is 11.8 Å². The summed E-state index contributed by atoms with van der Waals surface area (Å²) >= 11 is 0.732. The Morgan fingerprint density at radius 1 is 1.29 bits per heavy atom. The van der Waals surface area contributed by atoms with Gasteiger partial charge in [0.1, 0.15) is 0 Å². The van der Waals surface area contributed by atoms with Crippen LogP contribution in [0.1, 0.15) is 12.1 Å². The molecule has 0 N–H and O–H groups in total. The van der Waals surface area contributed by atoms with Crippen molar-refractivity contribution in [3.63, 3.8) is 0 Å². The number of halogens is 2. The summed E-state index contributed by atoms with van der Waals surface area (Å²) in [7, 11) is 0. The number of fused-ring (bicyclic) bond motifs is 1. The Balaban J connectivity index is 2.15. The van der Waals surface area contributed by atoms with Gasteiger partial charge in [0, 0.05) is 6.07 Å². The van der Waals surface area contributed by atoms with E-state index >= 15 is 0 Å². The fourth-order valence-electron chi connectivity index (χ4n) is 2.20. The van der Waals surface area contributed by atoms with Gasteiger partial charge in [-0.25, -0.2) is 4.98 Å². The molecule has 0 unspecified atom stereocenters. The van der Waals surface area contributed by atoms with Crippen molar-refractivity contribution in [3.05, 3.63) is 58.1 Å². The molecule has 24 heavy (non-hydrogen) atoms. The number of alkyl halides is 2. The van der Waals surface area contributed by atoms with Crippen molar-refractivity contribution in [1.82, 2.24) is 9.55 Å². The Bertz CT molecular complexity index is 981. The zero-order valence-corrected chi connectivity index (χ0v) is 12.7. The van der Waals surface area contributed by atoms with Gasteiger partial charge in [-0.2, -0.15) is 14.0 Å². The number of rotatable bonds is 4. The molecule has 0 radical (unpaired) electrons. The van der Waals surface area contributed by atoms with Gasteiger partial charge in [0.05, 0.1) is 32.5 Å². The Labute approximate surface area is 138 Å². The third kappa shape index (κ3) is 2.79. The summed E-state index contributed by atoms with van der Waals surface area (Å²) in [5.41, 5.74) is 0.517.